The van der Waals surface area contributed by atoms with E-state index in [4.69, 9.17) is 18.3 Å². The number of hydrogen-bond acceptors (Lipinski definition) is 10. The number of rotatable bonds is 10. The Hall–Kier alpha value is -5.19. The largest absolute Gasteiger partial charge is 0.451 e. The SMILES string of the molecule is CC(C)C[C@H](NC(=O)c1cc2ccccc2o1)C(=O)N1C[C@H](F)[C@H]2OCC(=O)[C@H]21.CC(C)C[C@H](NC(=O)c1cc2ccccc2o1)C(=O)N1C[C@H](F)[C@H]2OC[C@H](O)[C@H]21. The van der Waals surface area contributed by atoms with Gasteiger partial charge in [0.2, 0.25) is 11.8 Å². The molecule has 310 valence electrons. The molecule has 4 saturated heterocycles. The molecule has 3 N–H and O–H groups in total. The molecule has 6 heterocycles. The number of Topliss-reactive ketones (excluding diaryl/α,β-unsaturated/α-hetero) is 1. The molecule has 4 aliphatic heterocycles. The van der Waals surface area contributed by atoms with Crippen molar-refractivity contribution in [1.82, 2.24) is 20.4 Å². The summed E-state index contributed by atoms with van der Waals surface area (Å²) >= 11 is 0. The van der Waals surface area contributed by atoms with Gasteiger partial charge in [-0.05, 0) is 48.9 Å². The van der Waals surface area contributed by atoms with Crippen molar-refractivity contribution in [3.8, 4) is 0 Å². The molecule has 4 amide bonds. The minimum Gasteiger partial charge on any atom is -0.451 e. The Morgan fingerprint density at radius 1 is 0.741 bits per heavy atom. The topological polar surface area (TPSA) is 181 Å². The molecule has 14 nitrogen and oxygen atoms in total. The van der Waals surface area contributed by atoms with Crippen LogP contribution < -0.4 is 10.6 Å². The summed E-state index contributed by atoms with van der Waals surface area (Å²) in [6.07, 6.45) is -4.71. The molecule has 4 aliphatic rings. The van der Waals surface area contributed by atoms with Crippen molar-refractivity contribution in [3.05, 3.63) is 72.2 Å². The molecule has 4 fully saturated rings. The standard InChI is InChI=1S/C21H25FN2O5.C21H23FN2O5/c2*1-11(2)7-14(21(27)24-9-13(22)19-18(24)15(25)10-28-19)23-20(26)17-8-12-5-3-4-6-16(12)29-17/h3-6,8,11,13-15,18-19,25H,7,9-10H2,1-2H3,(H,23,26);3-6,8,11,13-14,18-19H,7,9-10H2,1-2H3,(H,23,26)/t13-,14-,15-,18+,19+;13-,14-,18+,19+/m00/s1. The lowest BCUT2D eigenvalue weighted by Gasteiger charge is -2.30. The number of hydrogen-bond donors (Lipinski definition) is 3. The van der Waals surface area contributed by atoms with Gasteiger partial charge < -0.3 is 43.8 Å². The Kier molecular flexibility index (Phi) is 12.0. The Morgan fingerprint density at radius 3 is 1.74 bits per heavy atom. The zero-order chi connectivity index (χ0) is 41.4. The molecule has 0 spiro atoms. The smallest absolute Gasteiger partial charge is 0.287 e. The summed E-state index contributed by atoms with van der Waals surface area (Å²) < 4.78 is 50.2. The molecule has 9 atom stereocenters. The number of aliphatic hydroxyl groups excluding tert-OH is 1. The maximum absolute atomic E-state index is 14.3. The number of benzene rings is 2. The summed E-state index contributed by atoms with van der Waals surface area (Å²) in [5.74, 6) is -1.82. The van der Waals surface area contributed by atoms with Gasteiger partial charge in [0.05, 0.1) is 25.7 Å². The lowest BCUT2D eigenvalue weighted by Crippen LogP contribution is -2.53. The molecule has 58 heavy (non-hydrogen) atoms. The van der Waals surface area contributed by atoms with Gasteiger partial charge in [-0.3, -0.25) is 24.0 Å². The van der Waals surface area contributed by atoms with Crippen LogP contribution in [0.25, 0.3) is 21.9 Å². The molecule has 0 radical (unpaired) electrons. The molecule has 0 aliphatic carbocycles. The number of carbonyl (C=O) groups is 5. The molecule has 16 heteroatoms. The average Bonchev–Trinajstić information content (AvgIpc) is 4.04. The van der Waals surface area contributed by atoms with E-state index >= 15 is 0 Å². The predicted octanol–water partition coefficient (Wildman–Crippen LogP) is 3.98. The van der Waals surface area contributed by atoms with E-state index in [1.165, 1.54) is 9.80 Å². The van der Waals surface area contributed by atoms with Gasteiger partial charge in [-0.2, -0.15) is 0 Å². The average molecular weight is 807 g/mol. The lowest BCUT2D eigenvalue weighted by molar-refractivity contribution is -0.138. The maximum atomic E-state index is 14.3. The molecule has 0 unspecified atom stereocenters. The third-order valence-corrected chi connectivity index (χ3v) is 10.9. The van der Waals surface area contributed by atoms with Crippen LogP contribution in [0.5, 0.6) is 0 Å². The second-order valence-electron chi connectivity index (χ2n) is 16.2. The summed E-state index contributed by atoms with van der Waals surface area (Å²) in [6, 6.07) is 14.3. The number of likely N-dealkylation sites (tertiary alicyclic amines) is 2. The summed E-state index contributed by atoms with van der Waals surface area (Å²) in [5, 5.41) is 17.2. The molecular formula is C42H48F2N4O10. The van der Waals surface area contributed by atoms with Crippen LogP contribution in [0.3, 0.4) is 0 Å². The highest BCUT2D eigenvalue weighted by Gasteiger charge is 2.55. The number of amides is 4. The number of ketones is 1. The van der Waals surface area contributed by atoms with E-state index in [2.05, 4.69) is 10.6 Å². The fourth-order valence-corrected chi connectivity index (χ4v) is 8.24. The summed E-state index contributed by atoms with van der Waals surface area (Å²) in [5.41, 5.74) is 1.15. The third-order valence-electron chi connectivity index (χ3n) is 10.9. The first-order valence-electron chi connectivity index (χ1n) is 19.6. The van der Waals surface area contributed by atoms with Crippen molar-refractivity contribution < 1.29 is 56.2 Å². The van der Waals surface area contributed by atoms with Gasteiger partial charge in [0.25, 0.3) is 11.8 Å². The van der Waals surface area contributed by atoms with Crippen LogP contribution in [-0.2, 0) is 23.9 Å². The number of para-hydroxylation sites is 2. The van der Waals surface area contributed by atoms with Crippen molar-refractivity contribution >= 4 is 51.4 Å². The Bertz CT molecular complexity index is 2100. The number of ether oxygens (including phenoxy) is 2. The molecular weight excluding hydrogens is 758 g/mol. The van der Waals surface area contributed by atoms with E-state index in [1.54, 1.807) is 30.3 Å². The van der Waals surface area contributed by atoms with Gasteiger partial charge in [-0.1, -0.05) is 64.1 Å². The Balaban J connectivity index is 0.000000177. The molecule has 0 bridgehead atoms. The first-order chi connectivity index (χ1) is 27.7. The van der Waals surface area contributed by atoms with Gasteiger partial charge in [0, 0.05) is 10.8 Å². The van der Waals surface area contributed by atoms with E-state index in [0.717, 1.165) is 10.8 Å². The first kappa shape index (κ1) is 41.0. The number of fused-ring (bicyclic) bond motifs is 4. The minimum absolute atomic E-state index is 0.000274. The van der Waals surface area contributed by atoms with Gasteiger partial charge >= 0.3 is 0 Å². The highest BCUT2D eigenvalue weighted by Crippen LogP contribution is 2.33. The number of nitrogens with one attached hydrogen (secondary N) is 2. The van der Waals surface area contributed by atoms with Crippen LogP contribution in [0.15, 0.2) is 69.5 Å². The second kappa shape index (κ2) is 17.0. The van der Waals surface area contributed by atoms with Crippen LogP contribution in [0, 0.1) is 11.8 Å². The predicted molar refractivity (Wildman–Crippen MR) is 205 cm³/mol. The highest BCUT2D eigenvalue weighted by molar-refractivity contribution is 6.00. The number of alkyl halides is 2. The molecule has 0 saturated carbocycles. The Morgan fingerprint density at radius 2 is 1.22 bits per heavy atom. The maximum Gasteiger partial charge on any atom is 0.287 e. The van der Waals surface area contributed by atoms with Crippen LogP contribution >= 0.6 is 0 Å². The van der Waals surface area contributed by atoms with E-state index in [-0.39, 0.29) is 55.4 Å². The minimum atomic E-state index is -1.42. The number of furan rings is 2. The van der Waals surface area contributed by atoms with E-state index in [0.29, 0.717) is 24.0 Å². The molecule has 2 aromatic carbocycles. The number of nitrogens with zero attached hydrogens (tertiary/aromatic N) is 2. The zero-order valence-electron chi connectivity index (χ0n) is 32.6. The number of halogens is 2. The summed E-state index contributed by atoms with van der Waals surface area (Å²) in [4.78, 5) is 66.5. The van der Waals surface area contributed by atoms with Crippen LogP contribution in [0.1, 0.15) is 61.6 Å². The van der Waals surface area contributed by atoms with Gasteiger partial charge in [-0.15, -0.1) is 0 Å². The van der Waals surface area contributed by atoms with Crippen molar-refractivity contribution in [2.45, 2.75) is 95.4 Å². The van der Waals surface area contributed by atoms with Crippen molar-refractivity contribution in [2.75, 3.05) is 26.3 Å². The van der Waals surface area contributed by atoms with Crippen molar-refractivity contribution in [3.63, 3.8) is 0 Å². The Labute approximate surface area is 333 Å². The number of carbonyl (C=O) groups excluding carboxylic acids is 5. The quantitative estimate of drug-likeness (QED) is 0.212. The fraction of sp³-hybridized carbons (Fsp3) is 0.500. The normalized spacial score (nSPS) is 26.2. The van der Waals surface area contributed by atoms with Gasteiger partial charge in [-0.25, -0.2) is 8.78 Å². The van der Waals surface area contributed by atoms with Gasteiger partial charge in [0.1, 0.15) is 66.6 Å². The number of aliphatic hydroxyl groups is 1. The lowest BCUT2D eigenvalue weighted by atomic mass is 10.0. The summed E-state index contributed by atoms with van der Waals surface area (Å²) in [7, 11) is 0. The van der Waals surface area contributed by atoms with E-state index < -0.39 is 78.5 Å². The van der Waals surface area contributed by atoms with E-state index in [9.17, 15) is 37.9 Å². The van der Waals surface area contributed by atoms with Crippen LogP contribution in [0.2, 0.25) is 0 Å². The van der Waals surface area contributed by atoms with Crippen LogP contribution in [-0.4, -0.2) is 125 Å². The summed E-state index contributed by atoms with van der Waals surface area (Å²) in [6.45, 7) is 7.15. The zero-order valence-corrected chi connectivity index (χ0v) is 32.6. The molecule has 2 aromatic heterocycles. The van der Waals surface area contributed by atoms with E-state index in [1.807, 2.05) is 58.0 Å². The molecule has 8 rings (SSSR count). The molecule has 4 aromatic rings. The van der Waals surface area contributed by atoms with Crippen molar-refractivity contribution in [2.24, 2.45) is 11.8 Å². The second-order valence-corrected chi connectivity index (χ2v) is 16.2. The fourth-order valence-electron chi connectivity index (χ4n) is 8.24. The van der Waals surface area contributed by atoms with Gasteiger partial charge in [0.15, 0.2) is 17.3 Å². The third kappa shape index (κ3) is 8.36. The van der Waals surface area contributed by atoms with Crippen molar-refractivity contribution in [1.29, 1.82) is 0 Å². The monoisotopic (exact) mass is 806 g/mol. The first-order valence-corrected chi connectivity index (χ1v) is 19.6. The highest BCUT2D eigenvalue weighted by atomic mass is 19.1. The van der Waals surface area contributed by atoms with Crippen LogP contribution in [0.4, 0.5) is 8.78 Å².